The number of nitrogens with one attached hydrogen (secondary N) is 2. The van der Waals surface area contributed by atoms with Gasteiger partial charge in [-0.1, -0.05) is 0 Å². The molecule has 0 atom stereocenters. The molecule has 6 aromatic rings. The zero-order valence-electron chi connectivity index (χ0n) is 23.0. The number of hydrogen-bond donors (Lipinski definition) is 2. The van der Waals surface area contributed by atoms with E-state index in [1.807, 2.05) is 25.1 Å². The lowest BCUT2D eigenvalue weighted by Crippen LogP contribution is -2.10. The van der Waals surface area contributed by atoms with E-state index in [1.165, 1.54) is 18.3 Å². The lowest BCUT2D eigenvalue weighted by atomic mass is 10.0. The lowest BCUT2D eigenvalue weighted by molar-refractivity contribution is 0.402. The van der Waals surface area contributed by atoms with Gasteiger partial charge in [0.15, 0.2) is 11.5 Å². The summed E-state index contributed by atoms with van der Waals surface area (Å²) in [5.41, 5.74) is 4.64. The summed E-state index contributed by atoms with van der Waals surface area (Å²) in [5.74, 6) is -0.848. The molecule has 13 heteroatoms. The Kier molecular flexibility index (Phi) is 6.99. The van der Waals surface area contributed by atoms with E-state index in [4.69, 9.17) is 4.98 Å². The number of aryl methyl sites for hydroxylation is 1. The Labute approximate surface area is 239 Å². The van der Waals surface area contributed by atoms with Crippen molar-refractivity contribution in [2.45, 2.75) is 13.0 Å². The van der Waals surface area contributed by atoms with Gasteiger partial charge in [-0.05, 0) is 62.0 Å². The number of hydrogen-bond acceptors (Lipinski definition) is 8. The molecule has 1 aromatic carbocycles. The van der Waals surface area contributed by atoms with Gasteiger partial charge in [0, 0.05) is 54.3 Å². The van der Waals surface area contributed by atoms with Crippen molar-refractivity contribution in [3.63, 3.8) is 0 Å². The molecule has 6 rings (SSSR count). The van der Waals surface area contributed by atoms with E-state index in [2.05, 4.69) is 30.1 Å². The van der Waals surface area contributed by atoms with Crippen molar-refractivity contribution < 1.29 is 17.2 Å². The maximum absolute atomic E-state index is 16.1. The van der Waals surface area contributed by atoms with E-state index in [0.717, 1.165) is 11.8 Å². The number of aromatic amines is 2. The van der Waals surface area contributed by atoms with E-state index in [0.29, 0.717) is 51.5 Å². The standard InChI is InChI=1S/C29H26F2N8O2S/c1-39(2)15-17-9-19(13-32-12-17)21-14-34-28-23(24(21)31)27(37-38-28)29-35-22-4-6-33-25(26(22)36-29)18-8-16(10-20(30)11-18)5-7-42(3,40)41/h4,6,8-14H,5,7,15H2,1-3H3,(H,35,36)(H,34,37,38). The summed E-state index contributed by atoms with van der Waals surface area (Å²) in [5, 5.41) is 7.20. The summed E-state index contributed by atoms with van der Waals surface area (Å²) in [6, 6.07) is 7.91. The number of imidazole rings is 1. The van der Waals surface area contributed by atoms with Gasteiger partial charge in [-0.15, -0.1) is 0 Å². The smallest absolute Gasteiger partial charge is 0.184 e. The molecule has 2 N–H and O–H groups in total. The van der Waals surface area contributed by atoms with Crippen molar-refractivity contribution in [2.75, 3.05) is 26.1 Å². The molecule has 0 saturated heterocycles. The fraction of sp³-hybridized carbons (Fsp3) is 0.207. The van der Waals surface area contributed by atoms with Crippen molar-refractivity contribution in [2.24, 2.45) is 0 Å². The highest BCUT2D eigenvalue weighted by Crippen LogP contribution is 2.34. The van der Waals surface area contributed by atoms with Crippen LogP contribution >= 0.6 is 0 Å². The topological polar surface area (TPSA) is 133 Å². The Hall–Kier alpha value is -4.62. The number of halogens is 2. The van der Waals surface area contributed by atoms with Crippen LogP contribution in [0.2, 0.25) is 0 Å². The quantitative estimate of drug-likeness (QED) is 0.265. The zero-order valence-corrected chi connectivity index (χ0v) is 23.8. The van der Waals surface area contributed by atoms with Gasteiger partial charge in [0.1, 0.15) is 32.7 Å². The SMILES string of the molecule is CN(C)Cc1cncc(-c2cnc3n[nH]c(-c4nc5c(-c6cc(F)cc(CCS(C)(=O)=O)c6)nccc5[nH]4)c3c2F)c1. The molecule has 214 valence electrons. The molecule has 0 aliphatic rings. The third kappa shape index (κ3) is 5.48. The number of pyridine rings is 3. The number of fused-ring (bicyclic) bond motifs is 2. The van der Waals surface area contributed by atoms with Gasteiger partial charge in [-0.3, -0.25) is 15.1 Å². The van der Waals surface area contributed by atoms with Crippen molar-refractivity contribution in [3.05, 3.63) is 77.9 Å². The molecule has 0 aliphatic carbocycles. The van der Waals surface area contributed by atoms with Gasteiger partial charge in [-0.25, -0.2) is 27.2 Å². The first kappa shape index (κ1) is 27.5. The Morgan fingerprint density at radius 1 is 0.976 bits per heavy atom. The minimum absolute atomic E-state index is 0.107. The minimum Gasteiger partial charge on any atom is -0.337 e. The summed E-state index contributed by atoms with van der Waals surface area (Å²) >= 11 is 0. The molecule has 0 saturated carbocycles. The molecule has 0 radical (unpaired) electrons. The van der Waals surface area contributed by atoms with Crippen molar-refractivity contribution in [1.29, 1.82) is 0 Å². The second-order valence-corrected chi connectivity index (χ2v) is 12.7. The van der Waals surface area contributed by atoms with Crippen molar-refractivity contribution in [1.82, 2.24) is 40.0 Å². The fourth-order valence-corrected chi connectivity index (χ4v) is 5.52. The van der Waals surface area contributed by atoms with E-state index in [-0.39, 0.29) is 28.8 Å². The maximum atomic E-state index is 16.1. The number of aromatic nitrogens is 7. The largest absolute Gasteiger partial charge is 0.337 e. The van der Waals surface area contributed by atoms with Crippen LogP contribution in [-0.2, 0) is 22.8 Å². The van der Waals surface area contributed by atoms with Crippen LogP contribution < -0.4 is 0 Å². The number of sulfone groups is 1. The lowest BCUT2D eigenvalue weighted by Gasteiger charge is -2.11. The number of benzene rings is 1. The van der Waals surface area contributed by atoms with Crippen LogP contribution in [0, 0.1) is 11.6 Å². The van der Waals surface area contributed by atoms with Crippen LogP contribution in [0.15, 0.2) is 55.1 Å². The predicted octanol–water partition coefficient (Wildman–Crippen LogP) is 4.55. The van der Waals surface area contributed by atoms with Gasteiger partial charge in [0.25, 0.3) is 0 Å². The molecule has 0 amide bonds. The Bertz CT molecular complexity index is 2070. The highest BCUT2D eigenvalue weighted by atomic mass is 32.2. The molecule has 0 aliphatic heterocycles. The average molecular weight is 589 g/mol. The second-order valence-electron chi connectivity index (χ2n) is 10.5. The van der Waals surface area contributed by atoms with E-state index in [9.17, 15) is 12.8 Å². The van der Waals surface area contributed by atoms with Crippen LogP contribution in [0.3, 0.4) is 0 Å². The number of H-pyrrole nitrogens is 2. The van der Waals surface area contributed by atoms with E-state index < -0.39 is 21.5 Å². The van der Waals surface area contributed by atoms with E-state index >= 15 is 4.39 Å². The summed E-state index contributed by atoms with van der Waals surface area (Å²) < 4.78 is 54.0. The highest BCUT2D eigenvalue weighted by molar-refractivity contribution is 7.90. The fourth-order valence-electron chi connectivity index (χ4n) is 4.91. The minimum atomic E-state index is -3.22. The van der Waals surface area contributed by atoms with E-state index in [1.54, 1.807) is 30.7 Å². The molecule has 0 spiro atoms. The second kappa shape index (κ2) is 10.7. The first-order valence-electron chi connectivity index (χ1n) is 13.0. The first-order chi connectivity index (χ1) is 20.1. The van der Waals surface area contributed by atoms with Crippen LogP contribution in [0.5, 0.6) is 0 Å². The van der Waals surface area contributed by atoms with Crippen LogP contribution in [-0.4, -0.2) is 74.5 Å². The third-order valence-electron chi connectivity index (χ3n) is 6.75. The predicted molar refractivity (Wildman–Crippen MR) is 156 cm³/mol. The number of nitrogens with zero attached hydrogens (tertiary/aromatic N) is 6. The highest BCUT2D eigenvalue weighted by Gasteiger charge is 2.22. The Morgan fingerprint density at radius 2 is 1.79 bits per heavy atom. The summed E-state index contributed by atoms with van der Waals surface area (Å²) in [6.45, 7) is 0.648. The molecule has 42 heavy (non-hydrogen) atoms. The first-order valence-corrected chi connectivity index (χ1v) is 15.1. The molecule has 5 aromatic heterocycles. The average Bonchev–Trinajstić information content (AvgIpc) is 3.56. The van der Waals surface area contributed by atoms with Crippen LogP contribution in [0.4, 0.5) is 8.78 Å². The van der Waals surface area contributed by atoms with Gasteiger partial charge in [0.05, 0.1) is 22.3 Å². The molecular weight excluding hydrogens is 562 g/mol. The molecule has 0 fully saturated rings. The third-order valence-corrected chi connectivity index (χ3v) is 7.70. The van der Waals surface area contributed by atoms with Crippen molar-refractivity contribution >= 4 is 31.9 Å². The van der Waals surface area contributed by atoms with Gasteiger partial charge in [0.2, 0.25) is 0 Å². The Balaban J connectivity index is 1.43. The molecular formula is C29H26F2N8O2S. The summed E-state index contributed by atoms with van der Waals surface area (Å²) in [7, 11) is 0.663. The molecule has 0 bridgehead atoms. The normalized spacial score (nSPS) is 12.1. The van der Waals surface area contributed by atoms with Gasteiger partial charge < -0.3 is 9.88 Å². The van der Waals surface area contributed by atoms with Gasteiger partial charge in [-0.2, -0.15) is 5.10 Å². The van der Waals surface area contributed by atoms with Gasteiger partial charge >= 0.3 is 0 Å². The zero-order chi connectivity index (χ0) is 29.6. The van der Waals surface area contributed by atoms with Crippen LogP contribution in [0.25, 0.3) is 56.0 Å². The maximum Gasteiger partial charge on any atom is 0.184 e. The van der Waals surface area contributed by atoms with Crippen LogP contribution in [0.1, 0.15) is 11.1 Å². The molecule has 10 nitrogen and oxygen atoms in total. The number of rotatable bonds is 8. The summed E-state index contributed by atoms with van der Waals surface area (Å²) in [6.07, 6.45) is 7.62. The Morgan fingerprint density at radius 3 is 2.57 bits per heavy atom. The monoisotopic (exact) mass is 588 g/mol. The van der Waals surface area contributed by atoms with Crippen molar-refractivity contribution in [3.8, 4) is 33.9 Å². The molecule has 0 unspecified atom stereocenters. The summed E-state index contributed by atoms with van der Waals surface area (Å²) in [4.78, 5) is 23.0. The molecule has 5 heterocycles.